The highest BCUT2D eigenvalue weighted by molar-refractivity contribution is 7.13. The third-order valence-corrected chi connectivity index (χ3v) is 3.90. The van der Waals surface area contributed by atoms with Gasteiger partial charge in [0, 0.05) is 28.4 Å². The molecule has 0 fully saturated rings. The van der Waals surface area contributed by atoms with Gasteiger partial charge >= 0.3 is 0 Å². The van der Waals surface area contributed by atoms with Crippen molar-refractivity contribution in [1.82, 2.24) is 15.3 Å². The SMILES string of the molecule is CCCNC(C)c1csc(-c2cc(C)nc(C)c2)n1. The predicted octanol–water partition coefficient (Wildman–Crippen LogP) is 3.88. The van der Waals surface area contributed by atoms with Crippen molar-refractivity contribution in [3.05, 3.63) is 34.6 Å². The van der Waals surface area contributed by atoms with E-state index >= 15 is 0 Å². The molecule has 4 heteroatoms. The second kappa shape index (κ2) is 6.26. The van der Waals surface area contributed by atoms with Crippen LogP contribution in [0.4, 0.5) is 0 Å². The molecule has 3 nitrogen and oxygen atoms in total. The summed E-state index contributed by atoms with van der Waals surface area (Å²) in [7, 11) is 0. The van der Waals surface area contributed by atoms with E-state index in [1.165, 1.54) is 5.56 Å². The molecule has 2 heterocycles. The maximum Gasteiger partial charge on any atom is 0.123 e. The number of hydrogen-bond acceptors (Lipinski definition) is 4. The van der Waals surface area contributed by atoms with Crippen LogP contribution >= 0.6 is 11.3 Å². The summed E-state index contributed by atoms with van der Waals surface area (Å²) in [4.78, 5) is 9.15. The Labute approximate surface area is 119 Å². The average Bonchev–Trinajstić information content (AvgIpc) is 2.84. The Bertz CT molecular complexity index is 528. The third-order valence-electron chi connectivity index (χ3n) is 2.99. The Morgan fingerprint density at radius 3 is 2.53 bits per heavy atom. The lowest BCUT2D eigenvalue weighted by Gasteiger charge is -2.09. The first kappa shape index (κ1) is 14.2. The number of nitrogens with zero attached hydrogens (tertiary/aromatic N) is 2. The van der Waals surface area contributed by atoms with Crippen LogP contribution in [-0.2, 0) is 0 Å². The fourth-order valence-electron chi connectivity index (χ4n) is 2.04. The molecule has 0 aliphatic carbocycles. The molecule has 2 aromatic rings. The molecule has 0 bridgehead atoms. The highest BCUT2D eigenvalue weighted by Crippen LogP contribution is 2.27. The number of rotatable bonds is 5. The highest BCUT2D eigenvalue weighted by Gasteiger charge is 2.11. The van der Waals surface area contributed by atoms with Gasteiger partial charge in [0.2, 0.25) is 0 Å². The van der Waals surface area contributed by atoms with Crippen molar-refractivity contribution in [1.29, 1.82) is 0 Å². The molecule has 1 unspecified atom stereocenters. The lowest BCUT2D eigenvalue weighted by Crippen LogP contribution is -2.19. The largest absolute Gasteiger partial charge is 0.309 e. The predicted molar refractivity (Wildman–Crippen MR) is 81.5 cm³/mol. The Hall–Kier alpha value is -1.26. The molecule has 0 radical (unpaired) electrons. The second-order valence-electron chi connectivity index (χ2n) is 4.89. The van der Waals surface area contributed by atoms with Gasteiger partial charge in [-0.05, 0) is 45.9 Å². The maximum absolute atomic E-state index is 4.74. The fraction of sp³-hybridized carbons (Fsp3) is 0.467. The van der Waals surface area contributed by atoms with Gasteiger partial charge in [0.1, 0.15) is 5.01 Å². The molecule has 1 atom stereocenters. The Morgan fingerprint density at radius 1 is 1.21 bits per heavy atom. The number of thiazole rings is 1. The van der Waals surface area contributed by atoms with Crippen molar-refractivity contribution in [3.8, 4) is 10.6 Å². The molecule has 1 N–H and O–H groups in total. The van der Waals surface area contributed by atoms with Crippen LogP contribution in [-0.4, -0.2) is 16.5 Å². The smallest absolute Gasteiger partial charge is 0.123 e. The van der Waals surface area contributed by atoms with Crippen LogP contribution in [0.3, 0.4) is 0 Å². The molecular formula is C15H21N3S. The first-order valence-electron chi connectivity index (χ1n) is 6.74. The average molecular weight is 275 g/mol. The molecule has 2 aromatic heterocycles. The van der Waals surface area contributed by atoms with E-state index < -0.39 is 0 Å². The van der Waals surface area contributed by atoms with Crippen molar-refractivity contribution in [2.45, 2.75) is 40.2 Å². The first-order valence-corrected chi connectivity index (χ1v) is 7.62. The van der Waals surface area contributed by atoms with Crippen LogP contribution in [0.25, 0.3) is 10.6 Å². The monoisotopic (exact) mass is 275 g/mol. The number of aromatic nitrogens is 2. The van der Waals surface area contributed by atoms with Crippen molar-refractivity contribution in [2.75, 3.05) is 6.54 Å². The van der Waals surface area contributed by atoms with Crippen molar-refractivity contribution in [2.24, 2.45) is 0 Å². The summed E-state index contributed by atoms with van der Waals surface area (Å²) in [6.45, 7) is 9.42. The number of pyridine rings is 1. The van der Waals surface area contributed by atoms with Crippen LogP contribution in [0.15, 0.2) is 17.5 Å². The molecule has 0 aliphatic heterocycles. The van der Waals surface area contributed by atoms with E-state index in [1.54, 1.807) is 11.3 Å². The van der Waals surface area contributed by atoms with E-state index in [4.69, 9.17) is 4.98 Å². The van der Waals surface area contributed by atoms with E-state index in [9.17, 15) is 0 Å². The van der Waals surface area contributed by atoms with Crippen LogP contribution in [0.1, 0.15) is 43.4 Å². The van der Waals surface area contributed by atoms with Gasteiger partial charge in [0.25, 0.3) is 0 Å². The zero-order valence-electron chi connectivity index (χ0n) is 12.0. The minimum atomic E-state index is 0.314. The quantitative estimate of drug-likeness (QED) is 0.899. The van der Waals surface area contributed by atoms with Gasteiger partial charge in [-0.2, -0.15) is 0 Å². The summed E-state index contributed by atoms with van der Waals surface area (Å²) < 4.78 is 0. The van der Waals surface area contributed by atoms with Crippen molar-refractivity contribution >= 4 is 11.3 Å². The van der Waals surface area contributed by atoms with Gasteiger partial charge in [-0.15, -0.1) is 11.3 Å². The van der Waals surface area contributed by atoms with Gasteiger partial charge in [-0.25, -0.2) is 4.98 Å². The Kier molecular flexibility index (Phi) is 4.66. The van der Waals surface area contributed by atoms with Gasteiger partial charge in [-0.3, -0.25) is 4.98 Å². The Morgan fingerprint density at radius 2 is 1.89 bits per heavy atom. The normalized spacial score (nSPS) is 12.6. The summed E-state index contributed by atoms with van der Waals surface area (Å²) in [6.07, 6.45) is 1.14. The summed E-state index contributed by atoms with van der Waals surface area (Å²) in [5, 5.41) is 6.69. The van der Waals surface area contributed by atoms with Crippen LogP contribution < -0.4 is 5.32 Å². The molecule has 0 saturated heterocycles. The van der Waals surface area contributed by atoms with Gasteiger partial charge in [0.05, 0.1) is 5.69 Å². The summed E-state index contributed by atoms with van der Waals surface area (Å²) >= 11 is 1.70. The lowest BCUT2D eigenvalue weighted by molar-refractivity contribution is 0.561. The first-order chi connectivity index (χ1) is 9.10. The third kappa shape index (κ3) is 3.61. The van der Waals surface area contributed by atoms with Crippen molar-refractivity contribution in [3.63, 3.8) is 0 Å². The van der Waals surface area contributed by atoms with E-state index in [0.717, 1.165) is 35.1 Å². The maximum atomic E-state index is 4.74. The van der Waals surface area contributed by atoms with E-state index in [-0.39, 0.29) is 0 Å². The van der Waals surface area contributed by atoms with E-state index in [1.807, 2.05) is 13.8 Å². The summed E-state index contributed by atoms with van der Waals surface area (Å²) in [5.41, 5.74) is 4.39. The zero-order valence-corrected chi connectivity index (χ0v) is 12.8. The van der Waals surface area contributed by atoms with Gasteiger partial charge < -0.3 is 5.32 Å². The molecule has 0 aromatic carbocycles. The second-order valence-corrected chi connectivity index (χ2v) is 5.75. The number of hydrogen-bond donors (Lipinski definition) is 1. The molecular weight excluding hydrogens is 254 g/mol. The molecule has 0 spiro atoms. The van der Waals surface area contributed by atoms with Crippen molar-refractivity contribution < 1.29 is 0 Å². The molecule has 0 amide bonds. The Balaban J connectivity index is 2.20. The lowest BCUT2D eigenvalue weighted by atomic mass is 10.2. The summed E-state index contributed by atoms with van der Waals surface area (Å²) in [5.74, 6) is 0. The molecule has 0 saturated carbocycles. The molecule has 0 aliphatic rings. The fourth-order valence-corrected chi connectivity index (χ4v) is 2.94. The molecule has 2 rings (SSSR count). The molecule has 19 heavy (non-hydrogen) atoms. The van der Waals surface area contributed by atoms with E-state index in [2.05, 4.69) is 41.7 Å². The molecule has 102 valence electrons. The van der Waals surface area contributed by atoms with Gasteiger partial charge in [0.15, 0.2) is 0 Å². The van der Waals surface area contributed by atoms with Crippen LogP contribution in [0.5, 0.6) is 0 Å². The van der Waals surface area contributed by atoms with Crippen LogP contribution in [0, 0.1) is 13.8 Å². The van der Waals surface area contributed by atoms with Crippen LogP contribution in [0.2, 0.25) is 0 Å². The summed E-state index contributed by atoms with van der Waals surface area (Å²) in [6, 6.07) is 4.51. The minimum absolute atomic E-state index is 0.314. The highest BCUT2D eigenvalue weighted by atomic mass is 32.1. The zero-order chi connectivity index (χ0) is 13.8. The topological polar surface area (TPSA) is 37.8 Å². The number of nitrogens with one attached hydrogen (secondary N) is 1. The number of aryl methyl sites for hydroxylation is 2. The standard InChI is InChI=1S/C15H21N3S/c1-5-6-16-12(4)14-9-19-15(18-14)13-7-10(2)17-11(3)8-13/h7-9,12,16H,5-6H2,1-4H3. The van der Waals surface area contributed by atoms with E-state index in [0.29, 0.717) is 6.04 Å². The van der Waals surface area contributed by atoms with Gasteiger partial charge in [-0.1, -0.05) is 6.92 Å². The minimum Gasteiger partial charge on any atom is -0.309 e.